The second-order valence-electron chi connectivity index (χ2n) is 6.07. The SMILES string of the molecule is CN(C)C(=O)c1ccc(Nc2nc3[nH]ccc3c(NCC(F)(F)F)[nH+]2)cc1. The molecule has 142 valence electrons. The molecule has 7 nitrogen and oxygen atoms in total. The Balaban J connectivity index is 1.83. The van der Waals surface area contributed by atoms with Crippen molar-refractivity contribution in [1.82, 2.24) is 14.9 Å². The molecule has 1 aromatic carbocycles. The van der Waals surface area contributed by atoms with Crippen LogP contribution in [0.4, 0.5) is 30.6 Å². The highest BCUT2D eigenvalue weighted by molar-refractivity contribution is 5.94. The van der Waals surface area contributed by atoms with E-state index >= 15 is 0 Å². The summed E-state index contributed by atoms with van der Waals surface area (Å²) in [4.78, 5) is 23.4. The average molecular weight is 379 g/mol. The first-order valence-corrected chi connectivity index (χ1v) is 8.03. The van der Waals surface area contributed by atoms with Crippen LogP contribution >= 0.6 is 0 Å². The Bertz CT molecular complexity index is 949. The molecule has 0 radical (unpaired) electrons. The smallest absolute Gasteiger partial charge is 0.345 e. The van der Waals surface area contributed by atoms with Crippen LogP contribution in [0.1, 0.15) is 10.4 Å². The van der Waals surface area contributed by atoms with Gasteiger partial charge in [-0.15, -0.1) is 0 Å². The highest BCUT2D eigenvalue weighted by atomic mass is 19.4. The number of carbonyl (C=O) groups is 1. The quantitative estimate of drug-likeness (QED) is 0.636. The van der Waals surface area contributed by atoms with Crippen molar-refractivity contribution < 1.29 is 22.9 Å². The van der Waals surface area contributed by atoms with E-state index in [1.165, 1.54) is 4.90 Å². The van der Waals surface area contributed by atoms with Gasteiger partial charge in [-0.25, -0.2) is 4.98 Å². The highest BCUT2D eigenvalue weighted by Crippen LogP contribution is 2.22. The maximum absolute atomic E-state index is 12.5. The van der Waals surface area contributed by atoms with Gasteiger partial charge in [0, 0.05) is 25.9 Å². The molecule has 27 heavy (non-hydrogen) atoms. The Morgan fingerprint density at radius 3 is 2.56 bits per heavy atom. The van der Waals surface area contributed by atoms with Crippen molar-refractivity contribution in [1.29, 1.82) is 0 Å². The fourth-order valence-electron chi connectivity index (χ4n) is 2.46. The minimum absolute atomic E-state index is 0.127. The Kier molecular flexibility index (Phi) is 4.89. The first-order chi connectivity index (χ1) is 12.7. The highest BCUT2D eigenvalue weighted by Gasteiger charge is 2.29. The fourth-order valence-corrected chi connectivity index (χ4v) is 2.46. The Hall–Kier alpha value is -3.30. The van der Waals surface area contributed by atoms with E-state index in [0.717, 1.165) is 0 Å². The van der Waals surface area contributed by atoms with E-state index < -0.39 is 12.7 Å². The Labute approximate surface area is 152 Å². The molecule has 2 aromatic heterocycles. The third-order valence-electron chi connectivity index (χ3n) is 3.73. The summed E-state index contributed by atoms with van der Waals surface area (Å²) in [6.45, 7) is -1.17. The van der Waals surface area contributed by atoms with Gasteiger partial charge in [0.15, 0.2) is 0 Å². The number of nitrogens with zero attached hydrogens (tertiary/aromatic N) is 2. The molecule has 0 atom stereocenters. The van der Waals surface area contributed by atoms with Crippen molar-refractivity contribution >= 4 is 34.4 Å². The lowest BCUT2D eigenvalue weighted by Crippen LogP contribution is -2.26. The molecule has 4 N–H and O–H groups in total. The number of benzene rings is 1. The molecule has 2 heterocycles. The summed E-state index contributed by atoms with van der Waals surface area (Å²) < 4.78 is 37.6. The molecule has 0 aliphatic carbocycles. The van der Waals surface area contributed by atoms with Gasteiger partial charge in [0.25, 0.3) is 5.91 Å². The summed E-state index contributed by atoms with van der Waals surface area (Å²) in [6, 6.07) is 8.31. The standard InChI is InChI=1S/C17H17F3N6O/c1-26(2)15(27)10-3-5-11(6-4-10)23-16-24-13-12(7-8-21-13)14(25-16)22-9-17(18,19)20/h3-8H,9H2,1-2H3,(H3,21,22,23,24,25)/p+1. The van der Waals surface area contributed by atoms with Crippen LogP contribution in [0.2, 0.25) is 0 Å². The maximum Gasteiger partial charge on any atom is 0.415 e. The number of hydrogen-bond donors (Lipinski definition) is 3. The Morgan fingerprint density at radius 2 is 1.93 bits per heavy atom. The number of fused-ring (bicyclic) bond motifs is 1. The lowest BCUT2D eigenvalue weighted by molar-refractivity contribution is -0.346. The minimum atomic E-state index is -4.35. The zero-order chi connectivity index (χ0) is 19.6. The van der Waals surface area contributed by atoms with Gasteiger partial charge < -0.3 is 15.2 Å². The number of halogens is 3. The van der Waals surface area contributed by atoms with Crippen LogP contribution in [0.3, 0.4) is 0 Å². The molecule has 0 saturated heterocycles. The molecule has 10 heteroatoms. The van der Waals surface area contributed by atoms with Crippen LogP contribution in [0.25, 0.3) is 11.0 Å². The predicted octanol–water partition coefficient (Wildman–Crippen LogP) is 2.80. The number of carbonyl (C=O) groups excluding carboxylic acids is 1. The zero-order valence-electron chi connectivity index (χ0n) is 14.6. The number of H-pyrrole nitrogens is 2. The van der Waals surface area contributed by atoms with Gasteiger partial charge in [0.1, 0.15) is 6.54 Å². The van der Waals surface area contributed by atoms with E-state index in [1.54, 1.807) is 50.6 Å². The van der Waals surface area contributed by atoms with Gasteiger partial charge in [0.05, 0.1) is 11.1 Å². The van der Waals surface area contributed by atoms with Gasteiger partial charge in [-0.1, -0.05) is 4.98 Å². The van der Waals surface area contributed by atoms with Gasteiger partial charge in [-0.05, 0) is 30.3 Å². The van der Waals surface area contributed by atoms with E-state index in [1.807, 2.05) is 0 Å². The molecule has 3 rings (SSSR count). The molecule has 1 amide bonds. The van der Waals surface area contributed by atoms with Crippen molar-refractivity contribution in [2.24, 2.45) is 0 Å². The van der Waals surface area contributed by atoms with Gasteiger partial charge in [-0.2, -0.15) is 13.2 Å². The third kappa shape index (κ3) is 4.46. The molecule has 0 aliphatic heterocycles. The van der Waals surface area contributed by atoms with Crippen molar-refractivity contribution in [2.75, 3.05) is 31.3 Å². The first-order valence-electron chi connectivity index (χ1n) is 8.03. The fraction of sp³-hybridized carbons (Fsp3) is 0.235. The average Bonchev–Trinajstić information content (AvgIpc) is 3.07. The lowest BCUT2D eigenvalue weighted by Gasteiger charge is -2.10. The Morgan fingerprint density at radius 1 is 1.22 bits per heavy atom. The summed E-state index contributed by atoms with van der Waals surface area (Å²) in [5.41, 5.74) is 1.58. The molecule has 3 aromatic rings. The lowest BCUT2D eigenvalue weighted by atomic mass is 10.2. The monoisotopic (exact) mass is 379 g/mol. The largest absolute Gasteiger partial charge is 0.415 e. The summed E-state index contributed by atoms with van der Waals surface area (Å²) in [6.07, 6.45) is -2.75. The molecule has 0 saturated carbocycles. The van der Waals surface area contributed by atoms with Crippen LogP contribution in [-0.4, -0.2) is 47.6 Å². The first kappa shape index (κ1) is 18.5. The van der Waals surface area contributed by atoms with Crippen molar-refractivity contribution in [3.63, 3.8) is 0 Å². The molecule has 0 aliphatic rings. The van der Waals surface area contributed by atoms with E-state index in [-0.39, 0.29) is 17.7 Å². The predicted molar refractivity (Wildman–Crippen MR) is 94.9 cm³/mol. The number of alkyl halides is 3. The molecular weight excluding hydrogens is 361 g/mol. The van der Waals surface area contributed by atoms with Gasteiger partial charge in [-0.3, -0.25) is 10.1 Å². The number of hydrogen-bond acceptors (Lipinski definition) is 4. The van der Waals surface area contributed by atoms with Gasteiger partial charge >= 0.3 is 12.1 Å². The number of rotatable bonds is 5. The molecule has 0 unspecified atom stereocenters. The minimum Gasteiger partial charge on any atom is -0.345 e. The van der Waals surface area contributed by atoms with E-state index in [2.05, 4.69) is 25.6 Å². The zero-order valence-corrected chi connectivity index (χ0v) is 14.6. The van der Waals surface area contributed by atoms with Crippen LogP contribution in [-0.2, 0) is 0 Å². The van der Waals surface area contributed by atoms with E-state index in [4.69, 9.17) is 0 Å². The number of nitrogens with one attached hydrogen (secondary N) is 4. The second kappa shape index (κ2) is 7.14. The molecular formula is C17H18F3N6O+. The van der Waals surface area contributed by atoms with Gasteiger partial charge in [0.2, 0.25) is 11.5 Å². The number of aromatic nitrogens is 3. The summed E-state index contributed by atoms with van der Waals surface area (Å²) in [5, 5.41) is 5.84. The van der Waals surface area contributed by atoms with E-state index in [0.29, 0.717) is 22.3 Å². The maximum atomic E-state index is 12.5. The van der Waals surface area contributed by atoms with Crippen molar-refractivity contribution in [3.05, 3.63) is 42.1 Å². The number of amides is 1. The second-order valence-corrected chi connectivity index (χ2v) is 6.07. The topological polar surface area (TPSA) is 87.2 Å². The summed E-state index contributed by atoms with van der Waals surface area (Å²) in [5.74, 6) is 0.319. The van der Waals surface area contributed by atoms with Crippen LogP contribution < -0.4 is 15.6 Å². The number of anilines is 3. The van der Waals surface area contributed by atoms with Crippen molar-refractivity contribution in [2.45, 2.75) is 6.18 Å². The summed E-state index contributed by atoms with van der Waals surface area (Å²) in [7, 11) is 3.32. The molecule has 0 spiro atoms. The van der Waals surface area contributed by atoms with E-state index in [9.17, 15) is 18.0 Å². The van der Waals surface area contributed by atoms with Crippen LogP contribution in [0.15, 0.2) is 36.5 Å². The van der Waals surface area contributed by atoms with Crippen molar-refractivity contribution in [3.8, 4) is 0 Å². The normalized spacial score (nSPS) is 11.4. The third-order valence-corrected chi connectivity index (χ3v) is 3.73. The van der Waals surface area contributed by atoms with Crippen LogP contribution in [0, 0.1) is 0 Å². The molecule has 0 fully saturated rings. The number of aromatic amines is 2. The summed E-state index contributed by atoms with van der Waals surface area (Å²) >= 11 is 0. The molecule has 0 bridgehead atoms. The van der Waals surface area contributed by atoms with Crippen LogP contribution in [0.5, 0.6) is 0 Å².